The second kappa shape index (κ2) is 64.4. The minimum Gasteiger partial charge on any atom is -0.462 e. The average Bonchev–Trinajstić information content (AvgIpc) is 2.75. The first-order chi connectivity index (χ1) is 43.5. The lowest BCUT2D eigenvalue weighted by Crippen LogP contribution is -2.30. The molecule has 0 aromatic heterocycles. The number of carbonyl (C=O) groups excluding carboxylic acids is 4. The third-order valence-corrected chi connectivity index (χ3v) is 18.4. The molecule has 0 spiro atoms. The first-order valence-corrected chi connectivity index (χ1v) is 40.1. The number of rotatable bonds is 71. The number of aliphatic hydroxyl groups is 1. The van der Waals surface area contributed by atoms with Crippen molar-refractivity contribution in [3.63, 3.8) is 0 Å². The zero-order valence-electron chi connectivity index (χ0n) is 58.3. The fourth-order valence-electron chi connectivity index (χ4n) is 10.8. The van der Waals surface area contributed by atoms with Gasteiger partial charge >= 0.3 is 39.5 Å². The van der Waals surface area contributed by atoms with Crippen LogP contribution in [0.5, 0.6) is 0 Å². The molecule has 19 heteroatoms. The van der Waals surface area contributed by atoms with Gasteiger partial charge in [-0.2, -0.15) is 0 Å². The Bertz CT molecular complexity index is 1740. The van der Waals surface area contributed by atoms with E-state index in [1.54, 1.807) is 0 Å². The van der Waals surface area contributed by atoms with Crippen molar-refractivity contribution in [2.75, 3.05) is 39.6 Å². The summed E-state index contributed by atoms with van der Waals surface area (Å²) in [5.74, 6) is -1.34. The van der Waals surface area contributed by atoms with E-state index in [9.17, 15) is 43.2 Å². The highest BCUT2D eigenvalue weighted by Crippen LogP contribution is 2.45. The molecule has 17 nitrogen and oxygen atoms in total. The molecular formula is C71H138O17P2. The van der Waals surface area contributed by atoms with Crippen LogP contribution in [0.25, 0.3) is 0 Å². The lowest BCUT2D eigenvalue weighted by molar-refractivity contribution is -0.161. The van der Waals surface area contributed by atoms with Crippen LogP contribution >= 0.6 is 15.6 Å². The zero-order chi connectivity index (χ0) is 66.3. The molecule has 0 rings (SSSR count). The van der Waals surface area contributed by atoms with Crippen LogP contribution in [0.1, 0.15) is 369 Å². The van der Waals surface area contributed by atoms with Crippen molar-refractivity contribution in [2.24, 2.45) is 5.92 Å². The minimum absolute atomic E-state index is 0.107. The monoisotopic (exact) mass is 1320 g/mol. The second-order valence-electron chi connectivity index (χ2n) is 26.1. The van der Waals surface area contributed by atoms with Gasteiger partial charge in [0.15, 0.2) is 12.2 Å². The van der Waals surface area contributed by atoms with Gasteiger partial charge in [0.25, 0.3) is 0 Å². The molecule has 0 aromatic carbocycles. The largest absolute Gasteiger partial charge is 0.472 e. The SMILES string of the molecule is CCCCCCCCCCCCCCCCCCCC(=O)O[C@H](COC(=O)CCCCCCCCCCCCCCC(C)C)COP(=O)(O)OC[C@@H](O)COP(=O)(O)OC[C@@H](COC(=O)CCCCCCCCC)OC(=O)CCCCCCCCCCCCC. The molecule has 0 aliphatic rings. The molecule has 0 aromatic rings. The van der Waals surface area contributed by atoms with Gasteiger partial charge in [-0.25, -0.2) is 9.13 Å². The van der Waals surface area contributed by atoms with E-state index in [0.717, 1.165) is 109 Å². The summed E-state index contributed by atoms with van der Waals surface area (Å²) in [6, 6.07) is 0. The van der Waals surface area contributed by atoms with E-state index in [0.29, 0.717) is 25.7 Å². The molecule has 5 atom stereocenters. The Labute approximate surface area is 549 Å². The van der Waals surface area contributed by atoms with Crippen molar-refractivity contribution in [1.82, 2.24) is 0 Å². The molecule has 0 heterocycles. The van der Waals surface area contributed by atoms with Crippen molar-refractivity contribution < 1.29 is 80.2 Å². The lowest BCUT2D eigenvalue weighted by atomic mass is 10.0. The van der Waals surface area contributed by atoms with Crippen LogP contribution in [0, 0.1) is 5.92 Å². The van der Waals surface area contributed by atoms with E-state index in [1.165, 1.54) is 180 Å². The van der Waals surface area contributed by atoms with E-state index in [4.69, 9.17) is 37.0 Å². The quantitative estimate of drug-likeness (QED) is 0.0222. The third kappa shape index (κ3) is 64.8. The van der Waals surface area contributed by atoms with Crippen molar-refractivity contribution in [2.45, 2.75) is 387 Å². The number of hydrogen-bond donors (Lipinski definition) is 3. The Hall–Kier alpha value is -1.94. The molecular weight excluding hydrogens is 1190 g/mol. The van der Waals surface area contributed by atoms with Crippen molar-refractivity contribution in [3.8, 4) is 0 Å². The number of hydrogen-bond acceptors (Lipinski definition) is 15. The minimum atomic E-state index is -4.95. The van der Waals surface area contributed by atoms with Crippen LogP contribution < -0.4 is 0 Å². The lowest BCUT2D eigenvalue weighted by Gasteiger charge is -2.21. The normalized spacial score (nSPS) is 14.1. The van der Waals surface area contributed by atoms with E-state index in [2.05, 4.69) is 34.6 Å². The predicted octanol–water partition coefficient (Wildman–Crippen LogP) is 20.5. The Balaban J connectivity index is 5.20. The van der Waals surface area contributed by atoms with Gasteiger partial charge in [-0.05, 0) is 31.6 Å². The summed E-state index contributed by atoms with van der Waals surface area (Å²) < 4.78 is 68.2. The topological polar surface area (TPSA) is 237 Å². The second-order valence-corrected chi connectivity index (χ2v) is 29.0. The first-order valence-electron chi connectivity index (χ1n) is 37.1. The molecule has 2 unspecified atom stereocenters. The first kappa shape index (κ1) is 88.1. The number of phosphoric ester groups is 2. The van der Waals surface area contributed by atoms with Crippen LogP contribution in [0.2, 0.25) is 0 Å². The molecule has 534 valence electrons. The number of ether oxygens (including phenoxy) is 4. The third-order valence-electron chi connectivity index (χ3n) is 16.5. The maximum Gasteiger partial charge on any atom is 0.472 e. The molecule has 3 N–H and O–H groups in total. The van der Waals surface area contributed by atoms with Gasteiger partial charge < -0.3 is 33.8 Å². The van der Waals surface area contributed by atoms with Crippen molar-refractivity contribution >= 4 is 39.5 Å². The molecule has 0 aliphatic heterocycles. The molecule has 0 radical (unpaired) electrons. The highest BCUT2D eigenvalue weighted by molar-refractivity contribution is 7.47. The molecule has 0 saturated carbocycles. The fourth-order valence-corrected chi connectivity index (χ4v) is 12.4. The number of unbranched alkanes of at least 4 members (excludes halogenated alkanes) is 43. The van der Waals surface area contributed by atoms with Gasteiger partial charge in [-0.15, -0.1) is 0 Å². The average molecular weight is 1330 g/mol. The summed E-state index contributed by atoms with van der Waals surface area (Å²) in [6.45, 7) is 7.23. The number of esters is 4. The molecule has 0 aliphatic carbocycles. The highest BCUT2D eigenvalue weighted by atomic mass is 31.2. The predicted molar refractivity (Wildman–Crippen MR) is 363 cm³/mol. The molecule has 0 fully saturated rings. The number of carbonyl (C=O) groups is 4. The summed E-state index contributed by atoms with van der Waals surface area (Å²) in [4.78, 5) is 72.4. The Morgan fingerprint density at radius 2 is 0.511 bits per heavy atom. The van der Waals surface area contributed by atoms with Gasteiger partial charge in [0.1, 0.15) is 19.3 Å². The van der Waals surface area contributed by atoms with E-state index in [1.807, 2.05) is 0 Å². The van der Waals surface area contributed by atoms with Crippen LogP contribution in [0.3, 0.4) is 0 Å². The smallest absolute Gasteiger partial charge is 0.462 e. The maximum absolute atomic E-state index is 13.0. The van der Waals surface area contributed by atoms with Crippen LogP contribution in [0.4, 0.5) is 0 Å². The summed E-state index contributed by atoms with van der Waals surface area (Å²) in [5, 5.41) is 10.6. The van der Waals surface area contributed by atoms with Gasteiger partial charge in [-0.1, -0.05) is 317 Å². The molecule has 90 heavy (non-hydrogen) atoms. The highest BCUT2D eigenvalue weighted by Gasteiger charge is 2.30. The summed E-state index contributed by atoms with van der Waals surface area (Å²) >= 11 is 0. The molecule has 0 saturated heterocycles. The molecule has 0 amide bonds. The van der Waals surface area contributed by atoms with Crippen molar-refractivity contribution in [1.29, 1.82) is 0 Å². The van der Waals surface area contributed by atoms with Crippen molar-refractivity contribution in [3.05, 3.63) is 0 Å². The summed E-state index contributed by atoms with van der Waals surface area (Å²) in [5.41, 5.74) is 0. The summed E-state index contributed by atoms with van der Waals surface area (Å²) in [6.07, 6.45) is 51.4. The Kier molecular flexibility index (Phi) is 63.0. The van der Waals surface area contributed by atoms with Crippen LogP contribution in [0.15, 0.2) is 0 Å². The van der Waals surface area contributed by atoms with Gasteiger partial charge in [-0.3, -0.25) is 37.3 Å². The maximum atomic E-state index is 13.0. The van der Waals surface area contributed by atoms with Gasteiger partial charge in [0.2, 0.25) is 0 Å². The van der Waals surface area contributed by atoms with E-state index in [-0.39, 0.29) is 25.7 Å². The fraction of sp³-hybridized carbons (Fsp3) is 0.944. The van der Waals surface area contributed by atoms with E-state index < -0.39 is 97.5 Å². The Morgan fingerprint density at radius 3 is 0.756 bits per heavy atom. The summed E-state index contributed by atoms with van der Waals surface area (Å²) in [7, 11) is -9.89. The van der Waals surface area contributed by atoms with Gasteiger partial charge in [0.05, 0.1) is 26.4 Å². The molecule has 0 bridgehead atoms. The number of phosphoric acid groups is 2. The zero-order valence-corrected chi connectivity index (χ0v) is 60.1. The standard InChI is InChI=1S/C71H138O17P2/c1-6-9-12-15-18-20-22-23-24-25-26-27-33-37-42-47-52-57-71(76)88-67(61-82-69(74)55-50-45-40-35-32-29-28-31-34-39-43-48-53-64(4)5)63-86-90(79,80)84-59-65(72)58-83-89(77,78)85-62-66(60-81-68(73)54-49-44-38-17-14-11-8-3)87-70(75)56-51-46-41-36-30-21-19-16-13-10-7-2/h64-67,72H,6-63H2,1-5H3,(H,77,78)(H,79,80)/t65-,66+,67+/m0/s1. The van der Waals surface area contributed by atoms with Gasteiger partial charge in [0, 0.05) is 25.7 Å². The van der Waals surface area contributed by atoms with E-state index >= 15 is 0 Å². The van der Waals surface area contributed by atoms with Crippen LogP contribution in [-0.4, -0.2) is 96.7 Å². The Morgan fingerprint density at radius 1 is 0.300 bits per heavy atom. The number of aliphatic hydroxyl groups excluding tert-OH is 1. The van der Waals surface area contributed by atoms with Crippen LogP contribution in [-0.2, 0) is 65.4 Å².